The first-order valence-corrected chi connectivity index (χ1v) is 10.2. The fourth-order valence-corrected chi connectivity index (χ4v) is 4.97. The second kappa shape index (κ2) is 8.01. The monoisotopic (exact) mass is 405 g/mol. The quantitative estimate of drug-likeness (QED) is 0.846. The number of ether oxygens (including phenoxy) is 1. The predicted octanol–water partition coefficient (Wildman–Crippen LogP) is 3.50. The third kappa shape index (κ3) is 3.53. The molecule has 7 heteroatoms. The number of nitrogens with one attached hydrogen (secondary N) is 1. The highest BCUT2D eigenvalue weighted by atomic mass is 35.5. The summed E-state index contributed by atoms with van der Waals surface area (Å²) in [5.41, 5.74) is 2.05. The molecule has 1 amide bonds. The number of hydrogen-bond acceptors (Lipinski definition) is 5. The van der Waals surface area contributed by atoms with E-state index in [9.17, 15) is 4.79 Å². The summed E-state index contributed by atoms with van der Waals surface area (Å²) >= 11 is 0. The molecule has 3 heterocycles. The van der Waals surface area contributed by atoms with Gasteiger partial charge in [-0.25, -0.2) is 4.98 Å². The Labute approximate surface area is 171 Å². The third-order valence-corrected chi connectivity index (χ3v) is 6.61. The highest BCUT2D eigenvalue weighted by Crippen LogP contribution is 2.35. The minimum absolute atomic E-state index is 0. The zero-order valence-electron chi connectivity index (χ0n) is 16.2. The van der Waals surface area contributed by atoms with E-state index in [4.69, 9.17) is 14.1 Å². The number of nitrogens with zero attached hydrogens (tertiary/aromatic N) is 2. The first kappa shape index (κ1) is 19.7. The number of benzene rings is 1. The van der Waals surface area contributed by atoms with E-state index >= 15 is 0 Å². The number of para-hydroxylation sites is 1. The summed E-state index contributed by atoms with van der Waals surface area (Å²) in [5, 5.41) is 3.25. The van der Waals surface area contributed by atoms with Crippen molar-refractivity contribution in [1.82, 2.24) is 15.2 Å². The van der Waals surface area contributed by atoms with Crippen LogP contribution in [0.15, 0.2) is 22.6 Å². The number of rotatable bonds is 3. The number of carbonyl (C=O) groups excluding carboxylic acids is 1. The lowest BCUT2D eigenvalue weighted by Crippen LogP contribution is -2.59. The normalized spacial score (nSPS) is 28.2. The summed E-state index contributed by atoms with van der Waals surface area (Å²) in [6.45, 7) is 1.51. The van der Waals surface area contributed by atoms with Crippen molar-refractivity contribution in [2.45, 2.75) is 62.6 Å². The van der Waals surface area contributed by atoms with Gasteiger partial charge in [-0.3, -0.25) is 9.69 Å². The number of aromatic nitrogens is 1. The molecule has 2 atom stereocenters. The Bertz CT molecular complexity index is 835. The summed E-state index contributed by atoms with van der Waals surface area (Å²) < 4.78 is 11.7. The van der Waals surface area contributed by atoms with Crippen molar-refractivity contribution in [3.05, 3.63) is 29.7 Å². The zero-order valence-corrected chi connectivity index (χ0v) is 17.0. The van der Waals surface area contributed by atoms with Gasteiger partial charge in [0.05, 0.1) is 18.8 Å². The summed E-state index contributed by atoms with van der Waals surface area (Å²) in [4.78, 5) is 20.1. The van der Waals surface area contributed by atoms with Gasteiger partial charge >= 0.3 is 0 Å². The van der Waals surface area contributed by atoms with Crippen LogP contribution in [0.4, 0.5) is 0 Å². The van der Waals surface area contributed by atoms with Gasteiger partial charge in [-0.2, -0.15) is 0 Å². The fourth-order valence-electron chi connectivity index (χ4n) is 4.97. The highest BCUT2D eigenvalue weighted by molar-refractivity contribution is 6.04. The Morgan fingerprint density at radius 1 is 1.18 bits per heavy atom. The van der Waals surface area contributed by atoms with Gasteiger partial charge < -0.3 is 14.5 Å². The van der Waals surface area contributed by atoms with Gasteiger partial charge in [0.2, 0.25) is 0 Å². The van der Waals surface area contributed by atoms with Gasteiger partial charge in [0, 0.05) is 24.0 Å². The average molecular weight is 406 g/mol. The Kier molecular flexibility index (Phi) is 5.63. The molecule has 1 aliphatic carbocycles. The van der Waals surface area contributed by atoms with Crippen molar-refractivity contribution >= 4 is 29.4 Å². The second-order valence-corrected chi connectivity index (χ2v) is 8.34. The Morgan fingerprint density at radius 2 is 1.89 bits per heavy atom. The van der Waals surface area contributed by atoms with E-state index in [-0.39, 0.29) is 24.4 Å². The molecule has 28 heavy (non-hydrogen) atoms. The number of morpholine rings is 1. The lowest BCUT2D eigenvalue weighted by molar-refractivity contribution is -0.0670. The number of oxazole rings is 1. The molecule has 1 N–H and O–H groups in total. The zero-order chi connectivity index (χ0) is 18.4. The second-order valence-electron chi connectivity index (χ2n) is 8.34. The predicted molar refractivity (Wildman–Crippen MR) is 109 cm³/mol. The van der Waals surface area contributed by atoms with Gasteiger partial charge in [0.25, 0.3) is 5.91 Å². The lowest BCUT2D eigenvalue weighted by Gasteiger charge is -2.46. The molecule has 0 spiro atoms. The van der Waals surface area contributed by atoms with Gasteiger partial charge in [-0.05, 0) is 44.9 Å². The van der Waals surface area contributed by atoms with Crippen LogP contribution in [-0.4, -0.2) is 54.2 Å². The maximum Gasteiger partial charge on any atom is 0.253 e. The molecule has 1 aromatic heterocycles. The summed E-state index contributed by atoms with van der Waals surface area (Å²) in [6.07, 6.45) is 6.60. The summed E-state index contributed by atoms with van der Waals surface area (Å²) in [5.74, 6) is 1.16. The third-order valence-electron chi connectivity index (χ3n) is 6.61. The highest BCUT2D eigenvalue weighted by Gasteiger charge is 2.37. The van der Waals surface area contributed by atoms with E-state index in [0.29, 0.717) is 29.1 Å². The Balaban J connectivity index is 0.00000192. The molecule has 2 aliphatic heterocycles. The van der Waals surface area contributed by atoms with Gasteiger partial charge in [0.15, 0.2) is 11.5 Å². The van der Waals surface area contributed by atoms with Crippen molar-refractivity contribution in [2.24, 2.45) is 0 Å². The molecule has 2 bridgehead atoms. The summed E-state index contributed by atoms with van der Waals surface area (Å²) in [6, 6.07) is 6.62. The molecule has 3 fully saturated rings. The number of fused-ring (bicyclic) bond motifs is 3. The van der Waals surface area contributed by atoms with E-state index < -0.39 is 0 Å². The van der Waals surface area contributed by atoms with Crippen LogP contribution in [-0.2, 0) is 4.74 Å². The number of amides is 1. The van der Waals surface area contributed by atoms with E-state index in [1.54, 1.807) is 0 Å². The number of likely N-dealkylation sites (N-methyl/N-ethyl adjacent to an activating group) is 1. The molecule has 152 valence electrons. The minimum atomic E-state index is -0.0413. The van der Waals surface area contributed by atoms with Gasteiger partial charge in [-0.15, -0.1) is 12.4 Å². The Hall–Kier alpha value is -1.63. The molecule has 5 rings (SSSR count). The standard InChI is InChI=1S/C21H27N3O3.ClH/c1-24-15-9-14(10-16(24)12-26-11-15)22-20(25)17-7-4-8-18-19(17)23-21(27-18)13-5-2-3-6-13;/h4,7-8,13-16H,2-3,5-6,9-12H2,1H3,(H,22,25);1H. The van der Waals surface area contributed by atoms with Crippen molar-refractivity contribution < 1.29 is 13.9 Å². The van der Waals surface area contributed by atoms with E-state index in [0.717, 1.165) is 50.4 Å². The minimum Gasteiger partial charge on any atom is -0.440 e. The van der Waals surface area contributed by atoms with Gasteiger partial charge in [0.1, 0.15) is 5.52 Å². The van der Waals surface area contributed by atoms with Crippen LogP contribution in [0.5, 0.6) is 0 Å². The molecular weight excluding hydrogens is 378 g/mol. The molecule has 2 saturated heterocycles. The fraction of sp³-hybridized carbons (Fsp3) is 0.619. The average Bonchev–Trinajstić information content (AvgIpc) is 3.31. The van der Waals surface area contributed by atoms with Crippen molar-refractivity contribution in [1.29, 1.82) is 0 Å². The molecule has 1 saturated carbocycles. The molecule has 0 radical (unpaired) electrons. The number of carbonyl (C=O) groups is 1. The molecule has 3 aliphatic rings. The van der Waals surface area contributed by atoms with Crippen molar-refractivity contribution in [3.63, 3.8) is 0 Å². The molecule has 2 aromatic rings. The van der Waals surface area contributed by atoms with Crippen molar-refractivity contribution in [3.8, 4) is 0 Å². The number of piperidine rings is 1. The van der Waals surface area contributed by atoms with E-state index in [1.165, 1.54) is 12.8 Å². The largest absolute Gasteiger partial charge is 0.440 e. The van der Waals surface area contributed by atoms with E-state index in [1.807, 2.05) is 18.2 Å². The van der Waals surface area contributed by atoms with Crippen LogP contribution in [0, 0.1) is 0 Å². The molecule has 2 unspecified atom stereocenters. The number of halogens is 1. The summed E-state index contributed by atoms with van der Waals surface area (Å²) in [7, 11) is 2.16. The molecular formula is C21H28ClN3O3. The van der Waals surface area contributed by atoms with Crippen LogP contribution >= 0.6 is 12.4 Å². The maximum atomic E-state index is 13.0. The number of hydrogen-bond donors (Lipinski definition) is 1. The van der Waals surface area contributed by atoms with Crippen molar-refractivity contribution in [2.75, 3.05) is 20.3 Å². The first-order chi connectivity index (χ1) is 13.2. The maximum absolute atomic E-state index is 13.0. The SMILES string of the molecule is CN1C2COCC1CC(NC(=O)c1cccc3oc(C4CCCC4)nc13)C2.Cl. The van der Waals surface area contributed by atoms with Crippen LogP contribution in [0.3, 0.4) is 0 Å². The van der Waals surface area contributed by atoms with Crippen LogP contribution < -0.4 is 5.32 Å². The topological polar surface area (TPSA) is 67.6 Å². The van der Waals surface area contributed by atoms with E-state index in [2.05, 4.69) is 17.3 Å². The van der Waals surface area contributed by atoms with Crippen LogP contribution in [0.2, 0.25) is 0 Å². The molecule has 1 aromatic carbocycles. The first-order valence-electron chi connectivity index (χ1n) is 10.2. The smallest absolute Gasteiger partial charge is 0.253 e. The lowest BCUT2D eigenvalue weighted by atomic mass is 9.90. The van der Waals surface area contributed by atoms with Crippen LogP contribution in [0.1, 0.15) is 60.7 Å². The van der Waals surface area contributed by atoms with Crippen LogP contribution in [0.25, 0.3) is 11.1 Å². The van der Waals surface area contributed by atoms with Gasteiger partial charge in [-0.1, -0.05) is 18.9 Å². The molecule has 6 nitrogen and oxygen atoms in total. The Morgan fingerprint density at radius 3 is 2.61 bits per heavy atom.